The maximum atomic E-state index is 12.7. The normalized spacial score (nSPS) is 19.0. The van der Waals surface area contributed by atoms with Gasteiger partial charge in [0.2, 0.25) is 0 Å². The molecule has 0 saturated carbocycles. The number of carbonyl (C=O) groups is 1. The van der Waals surface area contributed by atoms with E-state index in [0.717, 1.165) is 22.3 Å². The lowest BCUT2D eigenvalue weighted by atomic mass is 9.76. The number of allylic oxidation sites excluding steroid dienone is 4. The summed E-state index contributed by atoms with van der Waals surface area (Å²) >= 11 is 0. The lowest BCUT2D eigenvalue weighted by Crippen LogP contribution is -2.38. The van der Waals surface area contributed by atoms with E-state index < -0.39 is 5.60 Å². The fourth-order valence-corrected chi connectivity index (χ4v) is 3.42. The molecule has 130 valence electrons. The number of benzene rings is 2. The van der Waals surface area contributed by atoms with Crippen molar-refractivity contribution in [1.29, 1.82) is 0 Å². The summed E-state index contributed by atoms with van der Waals surface area (Å²) < 4.78 is 6.28. The zero-order valence-electron chi connectivity index (χ0n) is 14.5. The highest BCUT2D eigenvalue weighted by Gasteiger charge is 2.45. The lowest BCUT2D eigenvalue weighted by Gasteiger charge is -2.38. The molecule has 0 spiro atoms. The van der Waals surface area contributed by atoms with E-state index in [4.69, 9.17) is 4.74 Å². The highest BCUT2D eigenvalue weighted by atomic mass is 16.6. The van der Waals surface area contributed by atoms with Crippen molar-refractivity contribution >= 4 is 5.97 Å². The first-order valence-electron chi connectivity index (χ1n) is 8.83. The molecule has 0 radical (unpaired) electrons. The number of ether oxygens (including phenoxy) is 1. The van der Waals surface area contributed by atoms with Gasteiger partial charge in [0.15, 0.2) is 5.60 Å². The second-order valence-electron chi connectivity index (χ2n) is 6.68. The second-order valence-corrected chi connectivity index (χ2v) is 6.68. The Kier molecular flexibility index (Phi) is 4.31. The fourth-order valence-electron chi connectivity index (χ4n) is 3.42. The predicted octanol–water partition coefficient (Wildman–Crippen LogP) is 3.89. The minimum atomic E-state index is -0.961. The SMILES string of the molecule is C=C1C=CC=C(C(OC(=O)C2CN2)(c2ccccc2)c2ccccc2)C1. The van der Waals surface area contributed by atoms with Gasteiger partial charge in [-0.05, 0) is 12.0 Å². The van der Waals surface area contributed by atoms with E-state index in [1.807, 2.05) is 78.9 Å². The lowest BCUT2D eigenvalue weighted by molar-refractivity contribution is -0.153. The Hall–Kier alpha value is -2.91. The van der Waals surface area contributed by atoms with Gasteiger partial charge in [0, 0.05) is 17.7 Å². The first kappa shape index (κ1) is 16.6. The van der Waals surface area contributed by atoms with Crippen LogP contribution in [0.1, 0.15) is 17.5 Å². The molecule has 3 nitrogen and oxygen atoms in total. The number of rotatable bonds is 5. The molecule has 1 fully saturated rings. The molecule has 1 atom stereocenters. The Bertz CT molecular complexity index is 837. The third kappa shape index (κ3) is 3.02. The van der Waals surface area contributed by atoms with Crippen LogP contribution in [0, 0.1) is 0 Å². The Morgan fingerprint density at radius 1 is 1.04 bits per heavy atom. The van der Waals surface area contributed by atoms with E-state index in [0.29, 0.717) is 13.0 Å². The Balaban J connectivity index is 1.93. The summed E-state index contributed by atoms with van der Waals surface area (Å²) in [5.41, 5.74) is 2.93. The molecule has 2 aromatic carbocycles. The van der Waals surface area contributed by atoms with Gasteiger partial charge in [0.1, 0.15) is 6.04 Å². The minimum Gasteiger partial charge on any atom is -0.443 e. The van der Waals surface area contributed by atoms with Gasteiger partial charge in [-0.3, -0.25) is 4.79 Å². The van der Waals surface area contributed by atoms with Crippen LogP contribution in [0.2, 0.25) is 0 Å². The van der Waals surface area contributed by atoms with Crippen LogP contribution in [0.5, 0.6) is 0 Å². The van der Waals surface area contributed by atoms with Crippen molar-refractivity contribution in [3.05, 3.63) is 108 Å². The standard InChI is InChI=1S/C23H21NO2/c1-17-9-8-14-20(15-17)23(18-10-4-2-5-11-18,19-12-6-3-7-13-19)26-22(25)21-16-24-21/h2-14,21,24H,1,15-16H2. The van der Waals surface area contributed by atoms with Gasteiger partial charge in [0.25, 0.3) is 0 Å². The number of esters is 1. The van der Waals surface area contributed by atoms with E-state index in [1.54, 1.807) is 0 Å². The smallest absolute Gasteiger partial charge is 0.326 e. The molecule has 2 aliphatic rings. The van der Waals surface area contributed by atoms with E-state index in [1.165, 1.54) is 0 Å². The average molecular weight is 343 g/mol. The maximum Gasteiger partial charge on any atom is 0.326 e. The predicted molar refractivity (Wildman–Crippen MR) is 103 cm³/mol. The summed E-state index contributed by atoms with van der Waals surface area (Å²) in [6.07, 6.45) is 6.67. The number of hydrogen-bond donors (Lipinski definition) is 1. The third-order valence-corrected chi connectivity index (χ3v) is 4.81. The van der Waals surface area contributed by atoms with Crippen LogP contribution in [0.15, 0.2) is 96.6 Å². The summed E-state index contributed by atoms with van der Waals surface area (Å²) in [6.45, 7) is 4.78. The first-order valence-corrected chi connectivity index (χ1v) is 8.83. The fraction of sp³-hybridized carbons (Fsp3) is 0.174. The Labute approximate surface area is 153 Å². The second kappa shape index (κ2) is 6.77. The summed E-state index contributed by atoms with van der Waals surface area (Å²) in [5, 5.41) is 3.05. The minimum absolute atomic E-state index is 0.218. The molecule has 0 amide bonds. The van der Waals surface area contributed by atoms with Crippen molar-refractivity contribution in [3.8, 4) is 0 Å². The molecule has 1 heterocycles. The van der Waals surface area contributed by atoms with Crippen LogP contribution in [-0.4, -0.2) is 18.6 Å². The number of nitrogens with one attached hydrogen (secondary N) is 1. The molecule has 1 unspecified atom stereocenters. The quantitative estimate of drug-likeness (QED) is 0.662. The molecule has 1 aliphatic heterocycles. The average Bonchev–Trinajstić information content (AvgIpc) is 3.53. The summed E-state index contributed by atoms with van der Waals surface area (Å²) in [5.74, 6) is -0.223. The topological polar surface area (TPSA) is 48.2 Å². The van der Waals surface area contributed by atoms with Crippen LogP contribution in [0.25, 0.3) is 0 Å². The van der Waals surface area contributed by atoms with Gasteiger partial charge in [-0.2, -0.15) is 0 Å². The van der Waals surface area contributed by atoms with E-state index >= 15 is 0 Å². The molecule has 0 bridgehead atoms. The molecule has 2 aromatic rings. The van der Waals surface area contributed by atoms with Crippen LogP contribution in [-0.2, 0) is 15.1 Å². The highest BCUT2D eigenvalue weighted by Crippen LogP contribution is 2.44. The molecule has 1 saturated heterocycles. The van der Waals surface area contributed by atoms with Crippen molar-refractivity contribution in [2.75, 3.05) is 6.54 Å². The van der Waals surface area contributed by atoms with Gasteiger partial charge in [-0.1, -0.05) is 91.0 Å². The van der Waals surface area contributed by atoms with Crippen molar-refractivity contribution in [1.82, 2.24) is 5.32 Å². The number of hydrogen-bond acceptors (Lipinski definition) is 3. The van der Waals surface area contributed by atoms with Gasteiger partial charge >= 0.3 is 5.97 Å². The van der Waals surface area contributed by atoms with E-state index in [9.17, 15) is 4.79 Å². The van der Waals surface area contributed by atoms with Crippen molar-refractivity contribution in [3.63, 3.8) is 0 Å². The summed E-state index contributed by atoms with van der Waals surface area (Å²) in [6, 6.07) is 19.7. The molecule has 3 heteroatoms. The Morgan fingerprint density at radius 2 is 1.62 bits per heavy atom. The summed E-state index contributed by atoms with van der Waals surface area (Å²) in [7, 11) is 0. The van der Waals surface area contributed by atoms with Gasteiger partial charge in [-0.25, -0.2) is 0 Å². The van der Waals surface area contributed by atoms with Crippen LogP contribution in [0.3, 0.4) is 0 Å². The van der Waals surface area contributed by atoms with Crippen LogP contribution in [0.4, 0.5) is 0 Å². The largest absolute Gasteiger partial charge is 0.443 e. The van der Waals surface area contributed by atoms with Crippen molar-refractivity contribution in [2.45, 2.75) is 18.1 Å². The van der Waals surface area contributed by atoms with Crippen LogP contribution >= 0.6 is 0 Å². The van der Waals surface area contributed by atoms with E-state index in [-0.39, 0.29) is 12.0 Å². The molecule has 0 aromatic heterocycles. The summed E-state index contributed by atoms with van der Waals surface area (Å²) in [4.78, 5) is 12.7. The van der Waals surface area contributed by atoms with Gasteiger partial charge < -0.3 is 10.1 Å². The van der Waals surface area contributed by atoms with Crippen LogP contribution < -0.4 is 5.32 Å². The molecular formula is C23H21NO2. The van der Waals surface area contributed by atoms with Crippen molar-refractivity contribution in [2.24, 2.45) is 0 Å². The zero-order chi connectivity index (χ0) is 18.0. The van der Waals surface area contributed by atoms with Gasteiger partial charge in [-0.15, -0.1) is 0 Å². The monoisotopic (exact) mass is 343 g/mol. The first-order chi connectivity index (χ1) is 12.7. The molecule has 26 heavy (non-hydrogen) atoms. The molecule has 1 N–H and O–H groups in total. The Morgan fingerprint density at radius 3 is 2.12 bits per heavy atom. The number of carbonyl (C=O) groups excluding carboxylic acids is 1. The zero-order valence-corrected chi connectivity index (χ0v) is 14.5. The molecular weight excluding hydrogens is 322 g/mol. The molecule has 4 rings (SSSR count). The molecule has 1 aliphatic carbocycles. The van der Waals surface area contributed by atoms with Gasteiger partial charge in [0.05, 0.1) is 0 Å². The van der Waals surface area contributed by atoms with E-state index in [2.05, 4.69) is 11.9 Å². The third-order valence-electron chi connectivity index (χ3n) is 4.81. The maximum absolute atomic E-state index is 12.7. The highest BCUT2D eigenvalue weighted by molar-refractivity contribution is 5.80. The van der Waals surface area contributed by atoms with Crippen molar-refractivity contribution < 1.29 is 9.53 Å².